The normalized spacial score (nSPS) is 13.1. The molecular formula is C16H13O+. The third-order valence-electron chi connectivity index (χ3n) is 3.38. The van der Waals surface area contributed by atoms with Crippen molar-refractivity contribution in [2.24, 2.45) is 0 Å². The molecule has 82 valence electrons. The number of carbonyl (C=O) groups excluding carboxylic acids is 1. The lowest BCUT2D eigenvalue weighted by Crippen LogP contribution is -2.17. The van der Waals surface area contributed by atoms with E-state index < -0.39 is 0 Å². The van der Waals surface area contributed by atoms with Crippen LogP contribution < -0.4 is 0 Å². The number of hydrogen-bond acceptors (Lipinski definition) is 1. The van der Waals surface area contributed by atoms with Gasteiger partial charge < -0.3 is 0 Å². The SMILES string of the molecule is [CH2+]Cc1cccc2c1C(=O)c1ccccc1C2. The highest BCUT2D eigenvalue weighted by Crippen LogP contribution is 2.29. The van der Waals surface area contributed by atoms with Crippen LogP contribution in [0.3, 0.4) is 0 Å². The third kappa shape index (κ3) is 1.47. The molecule has 2 aromatic rings. The van der Waals surface area contributed by atoms with Gasteiger partial charge in [-0.2, -0.15) is 0 Å². The van der Waals surface area contributed by atoms with Gasteiger partial charge in [0, 0.05) is 16.7 Å². The van der Waals surface area contributed by atoms with Crippen LogP contribution in [0.4, 0.5) is 0 Å². The van der Waals surface area contributed by atoms with Crippen LogP contribution in [0.2, 0.25) is 0 Å². The summed E-state index contributed by atoms with van der Waals surface area (Å²) in [7, 11) is 0. The highest BCUT2D eigenvalue weighted by Gasteiger charge is 2.25. The molecule has 0 spiro atoms. The van der Waals surface area contributed by atoms with Crippen LogP contribution >= 0.6 is 0 Å². The maximum atomic E-state index is 12.5. The minimum Gasteiger partial charge on any atom is -0.289 e. The molecule has 1 aliphatic rings. The summed E-state index contributed by atoms with van der Waals surface area (Å²) < 4.78 is 0. The molecule has 1 nitrogen and oxygen atoms in total. The summed E-state index contributed by atoms with van der Waals surface area (Å²) in [5.41, 5.74) is 5.05. The van der Waals surface area contributed by atoms with Crippen LogP contribution in [0.25, 0.3) is 0 Å². The fourth-order valence-electron chi connectivity index (χ4n) is 2.54. The Morgan fingerprint density at radius 2 is 1.76 bits per heavy atom. The molecule has 0 radical (unpaired) electrons. The molecular weight excluding hydrogens is 208 g/mol. The molecule has 2 aromatic carbocycles. The van der Waals surface area contributed by atoms with Crippen molar-refractivity contribution in [1.82, 2.24) is 0 Å². The lowest BCUT2D eigenvalue weighted by molar-refractivity contribution is 0.103. The lowest BCUT2D eigenvalue weighted by Gasteiger charge is -2.19. The van der Waals surface area contributed by atoms with E-state index in [9.17, 15) is 4.79 Å². The highest BCUT2D eigenvalue weighted by molar-refractivity contribution is 6.13. The number of benzene rings is 2. The molecule has 0 heterocycles. The number of rotatable bonds is 1. The second kappa shape index (κ2) is 3.77. The molecule has 0 aliphatic heterocycles. The second-order valence-electron chi connectivity index (χ2n) is 4.36. The van der Waals surface area contributed by atoms with Crippen molar-refractivity contribution in [3.63, 3.8) is 0 Å². The standard InChI is InChI=1S/C16H13O/c1-2-11-7-5-8-13-10-12-6-3-4-9-14(12)16(17)15(11)13/h3-9H,1-2,10H2/q+1. The first-order chi connectivity index (χ1) is 8.31. The zero-order valence-electron chi connectivity index (χ0n) is 9.57. The topological polar surface area (TPSA) is 17.1 Å². The molecule has 0 aromatic heterocycles. The van der Waals surface area contributed by atoms with Crippen LogP contribution in [0.5, 0.6) is 0 Å². The molecule has 0 atom stereocenters. The molecule has 3 rings (SSSR count). The molecule has 0 saturated heterocycles. The van der Waals surface area contributed by atoms with Crippen molar-refractivity contribution in [2.45, 2.75) is 12.8 Å². The van der Waals surface area contributed by atoms with Gasteiger partial charge in [-0.05, 0) is 17.5 Å². The van der Waals surface area contributed by atoms with Crippen molar-refractivity contribution < 1.29 is 4.79 Å². The van der Waals surface area contributed by atoms with E-state index in [1.165, 1.54) is 0 Å². The third-order valence-corrected chi connectivity index (χ3v) is 3.38. The Hall–Kier alpha value is -2.02. The van der Waals surface area contributed by atoms with Crippen molar-refractivity contribution in [3.8, 4) is 0 Å². The van der Waals surface area contributed by atoms with E-state index in [1.807, 2.05) is 42.5 Å². The van der Waals surface area contributed by atoms with E-state index in [2.05, 4.69) is 6.92 Å². The Kier molecular flexibility index (Phi) is 2.25. The maximum absolute atomic E-state index is 12.5. The van der Waals surface area contributed by atoms with Crippen LogP contribution in [0.15, 0.2) is 42.5 Å². The first-order valence-corrected chi connectivity index (χ1v) is 5.84. The first-order valence-electron chi connectivity index (χ1n) is 5.84. The molecule has 1 heteroatoms. The Labute approximate surface area is 101 Å². The van der Waals surface area contributed by atoms with Gasteiger partial charge in [0.25, 0.3) is 0 Å². The largest absolute Gasteiger partial charge is 0.289 e. The Morgan fingerprint density at radius 3 is 2.59 bits per heavy atom. The highest BCUT2D eigenvalue weighted by atomic mass is 16.1. The van der Waals surface area contributed by atoms with Gasteiger partial charge in [0.15, 0.2) is 5.78 Å². The van der Waals surface area contributed by atoms with E-state index in [0.717, 1.165) is 34.2 Å². The van der Waals surface area contributed by atoms with Gasteiger partial charge >= 0.3 is 0 Å². The van der Waals surface area contributed by atoms with Gasteiger partial charge in [-0.15, -0.1) is 0 Å². The fraction of sp³-hybridized carbons (Fsp3) is 0.125. The first kappa shape index (κ1) is 10.2. The summed E-state index contributed by atoms with van der Waals surface area (Å²) in [5.74, 6) is 0.154. The van der Waals surface area contributed by atoms with Crippen molar-refractivity contribution in [2.75, 3.05) is 0 Å². The van der Waals surface area contributed by atoms with Crippen LogP contribution in [0, 0.1) is 6.92 Å². The van der Waals surface area contributed by atoms with Crippen molar-refractivity contribution >= 4 is 5.78 Å². The van der Waals surface area contributed by atoms with Gasteiger partial charge in [-0.3, -0.25) is 4.79 Å². The predicted octanol–water partition coefficient (Wildman–Crippen LogP) is 3.20. The summed E-state index contributed by atoms with van der Waals surface area (Å²) in [6.07, 6.45) is 1.52. The average molecular weight is 221 g/mol. The summed E-state index contributed by atoms with van der Waals surface area (Å²) in [6.45, 7) is 3.90. The number of fused-ring (bicyclic) bond motifs is 2. The number of hydrogen-bond donors (Lipinski definition) is 0. The minimum absolute atomic E-state index is 0.154. The molecule has 0 unspecified atom stereocenters. The van der Waals surface area contributed by atoms with E-state index in [4.69, 9.17) is 0 Å². The molecule has 0 saturated carbocycles. The summed E-state index contributed by atoms with van der Waals surface area (Å²) in [6, 6.07) is 13.9. The predicted molar refractivity (Wildman–Crippen MR) is 68.2 cm³/mol. The maximum Gasteiger partial charge on any atom is 0.194 e. The van der Waals surface area contributed by atoms with Gasteiger partial charge in [0.1, 0.15) is 6.42 Å². The summed E-state index contributed by atoms with van der Waals surface area (Å²) in [5, 5.41) is 0. The van der Waals surface area contributed by atoms with E-state index in [-0.39, 0.29) is 5.78 Å². The number of ketones is 1. The Balaban J connectivity index is 2.24. The minimum atomic E-state index is 0.154. The second-order valence-corrected chi connectivity index (χ2v) is 4.36. The molecule has 1 aliphatic carbocycles. The van der Waals surface area contributed by atoms with E-state index >= 15 is 0 Å². The lowest BCUT2D eigenvalue weighted by atomic mass is 9.82. The van der Waals surface area contributed by atoms with Crippen LogP contribution in [0.1, 0.15) is 32.6 Å². The number of carbonyl (C=O) groups is 1. The van der Waals surface area contributed by atoms with Gasteiger partial charge in [0.05, 0.1) is 6.92 Å². The summed E-state index contributed by atoms with van der Waals surface area (Å²) in [4.78, 5) is 12.5. The van der Waals surface area contributed by atoms with Gasteiger partial charge in [0.2, 0.25) is 0 Å². The quantitative estimate of drug-likeness (QED) is 0.577. The van der Waals surface area contributed by atoms with Crippen LogP contribution in [-0.2, 0) is 12.8 Å². The monoisotopic (exact) mass is 221 g/mol. The molecule has 0 fully saturated rings. The van der Waals surface area contributed by atoms with E-state index in [0.29, 0.717) is 6.42 Å². The Bertz CT molecular complexity index is 596. The molecule has 0 amide bonds. The summed E-state index contributed by atoms with van der Waals surface area (Å²) >= 11 is 0. The molecule has 17 heavy (non-hydrogen) atoms. The zero-order valence-corrected chi connectivity index (χ0v) is 9.57. The Morgan fingerprint density at radius 1 is 1.00 bits per heavy atom. The molecule has 0 N–H and O–H groups in total. The van der Waals surface area contributed by atoms with E-state index in [1.54, 1.807) is 0 Å². The van der Waals surface area contributed by atoms with Crippen molar-refractivity contribution in [1.29, 1.82) is 0 Å². The average Bonchev–Trinajstić information content (AvgIpc) is 2.38. The molecule has 0 bridgehead atoms. The van der Waals surface area contributed by atoms with Gasteiger partial charge in [-0.1, -0.05) is 42.5 Å². The van der Waals surface area contributed by atoms with Gasteiger partial charge in [-0.25, -0.2) is 0 Å². The fourth-order valence-corrected chi connectivity index (χ4v) is 2.54. The van der Waals surface area contributed by atoms with Crippen molar-refractivity contribution in [3.05, 3.63) is 77.2 Å². The van der Waals surface area contributed by atoms with Crippen LogP contribution in [-0.4, -0.2) is 5.78 Å². The zero-order chi connectivity index (χ0) is 11.8. The smallest absolute Gasteiger partial charge is 0.194 e.